The van der Waals surface area contributed by atoms with Gasteiger partial charge in [-0.2, -0.15) is 0 Å². The van der Waals surface area contributed by atoms with Crippen LogP contribution in [0.2, 0.25) is 0 Å². The molecule has 84 valence electrons. The highest BCUT2D eigenvalue weighted by molar-refractivity contribution is 7.18. The molecule has 0 saturated heterocycles. The van der Waals surface area contributed by atoms with Crippen LogP contribution in [-0.4, -0.2) is 9.97 Å². The predicted octanol–water partition coefficient (Wildman–Crippen LogP) is 3.98. The second-order valence-corrected chi connectivity index (χ2v) is 5.25. The van der Waals surface area contributed by atoms with Crippen molar-refractivity contribution in [2.24, 2.45) is 0 Å². The lowest BCUT2D eigenvalue weighted by atomic mass is 10.1. The fraction of sp³-hybridized carbons (Fsp3) is 0.143. The number of aryl methyl sites for hydroxylation is 2. The molecule has 3 aromatic rings. The van der Waals surface area contributed by atoms with Crippen molar-refractivity contribution < 1.29 is 0 Å². The lowest BCUT2D eigenvalue weighted by Gasteiger charge is -2.02. The zero-order valence-electron chi connectivity index (χ0n) is 9.77. The first-order valence-corrected chi connectivity index (χ1v) is 6.35. The van der Waals surface area contributed by atoms with Gasteiger partial charge in [-0.15, -0.1) is 11.3 Å². The first-order chi connectivity index (χ1) is 8.27. The number of thiophene rings is 1. The normalized spacial score (nSPS) is 10.9. The van der Waals surface area contributed by atoms with Gasteiger partial charge in [-0.05, 0) is 19.4 Å². The van der Waals surface area contributed by atoms with Gasteiger partial charge in [0.1, 0.15) is 11.2 Å². The minimum Gasteiger partial charge on any atom is -0.236 e. The van der Waals surface area contributed by atoms with E-state index in [1.807, 2.05) is 18.2 Å². The average molecular weight is 240 g/mol. The molecular formula is C14H12N2S. The molecule has 2 aromatic heterocycles. The number of hydrogen-bond acceptors (Lipinski definition) is 3. The molecule has 3 rings (SSSR count). The van der Waals surface area contributed by atoms with E-state index in [0.29, 0.717) is 0 Å². The third-order valence-electron chi connectivity index (χ3n) is 3.01. The van der Waals surface area contributed by atoms with Gasteiger partial charge in [0.15, 0.2) is 0 Å². The van der Waals surface area contributed by atoms with Crippen molar-refractivity contribution in [3.05, 3.63) is 47.1 Å². The van der Waals surface area contributed by atoms with E-state index < -0.39 is 0 Å². The number of benzene rings is 1. The van der Waals surface area contributed by atoms with E-state index in [9.17, 15) is 0 Å². The highest BCUT2D eigenvalue weighted by atomic mass is 32.1. The van der Waals surface area contributed by atoms with Gasteiger partial charge < -0.3 is 0 Å². The lowest BCUT2D eigenvalue weighted by molar-refractivity contribution is 1.23. The van der Waals surface area contributed by atoms with Gasteiger partial charge in [0.25, 0.3) is 0 Å². The van der Waals surface area contributed by atoms with Gasteiger partial charge in [0, 0.05) is 15.8 Å². The molecule has 0 atom stereocenters. The summed E-state index contributed by atoms with van der Waals surface area (Å²) < 4.78 is 0. The van der Waals surface area contributed by atoms with E-state index in [1.165, 1.54) is 15.8 Å². The second kappa shape index (κ2) is 3.93. The van der Waals surface area contributed by atoms with Crippen LogP contribution in [0.1, 0.15) is 10.4 Å². The van der Waals surface area contributed by atoms with Crippen molar-refractivity contribution in [1.29, 1.82) is 0 Å². The fourth-order valence-electron chi connectivity index (χ4n) is 2.00. The number of rotatable bonds is 1. The largest absolute Gasteiger partial charge is 0.236 e. The molecule has 0 saturated carbocycles. The Kier molecular flexibility index (Phi) is 2.41. The first-order valence-electron chi connectivity index (χ1n) is 5.53. The summed E-state index contributed by atoms with van der Waals surface area (Å²) in [6, 6.07) is 10.3. The molecule has 1 aromatic carbocycles. The minimum absolute atomic E-state index is 1.04. The summed E-state index contributed by atoms with van der Waals surface area (Å²) in [5.74, 6) is 0. The second-order valence-electron chi connectivity index (χ2n) is 4.05. The molecule has 0 unspecified atom stereocenters. The molecule has 2 heterocycles. The van der Waals surface area contributed by atoms with Gasteiger partial charge in [0.05, 0.1) is 5.69 Å². The summed E-state index contributed by atoms with van der Waals surface area (Å²) in [7, 11) is 0. The maximum Gasteiger partial charge on any atom is 0.127 e. The maximum atomic E-state index is 4.45. The Labute approximate surface area is 104 Å². The fourth-order valence-corrected chi connectivity index (χ4v) is 2.99. The Morgan fingerprint density at radius 2 is 1.76 bits per heavy atom. The summed E-state index contributed by atoms with van der Waals surface area (Å²) in [6.45, 7) is 4.28. The maximum absolute atomic E-state index is 4.45. The summed E-state index contributed by atoms with van der Waals surface area (Å²) in [5, 5.41) is 1.20. The van der Waals surface area contributed by atoms with Crippen LogP contribution >= 0.6 is 11.3 Å². The van der Waals surface area contributed by atoms with Crippen LogP contribution in [0, 0.1) is 13.8 Å². The third-order valence-corrected chi connectivity index (χ3v) is 4.13. The van der Waals surface area contributed by atoms with E-state index >= 15 is 0 Å². The Balaban J connectivity index is 2.37. The monoisotopic (exact) mass is 240 g/mol. The molecular weight excluding hydrogens is 228 g/mol. The molecule has 2 nitrogen and oxygen atoms in total. The van der Waals surface area contributed by atoms with Crippen LogP contribution < -0.4 is 0 Å². The summed E-state index contributed by atoms with van der Waals surface area (Å²) >= 11 is 1.74. The number of nitrogens with zero attached hydrogens (tertiary/aromatic N) is 2. The van der Waals surface area contributed by atoms with Gasteiger partial charge in [-0.1, -0.05) is 30.3 Å². The quantitative estimate of drug-likeness (QED) is 0.643. The molecule has 0 amide bonds. The molecule has 0 aliphatic rings. The number of fused-ring (bicyclic) bond motifs is 1. The summed E-state index contributed by atoms with van der Waals surface area (Å²) in [6.07, 6.45) is 1.65. The smallest absolute Gasteiger partial charge is 0.127 e. The SMILES string of the molecule is Cc1sc2ncnc(-c3ccccc3)c2c1C. The standard InChI is InChI=1S/C14H12N2S/c1-9-10(2)17-14-12(9)13(15-8-16-14)11-6-4-3-5-7-11/h3-8H,1-2H3. The predicted molar refractivity (Wildman–Crippen MR) is 72.3 cm³/mol. The van der Waals surface area contributed by atoms with Crippen molar-refractivity contribution >= 4 is 21.6 Å². The Morgan fingerprint density at radius 1 is 1.00 bits per heavy atom. The molecule has 0 aliphatic carbocycles. The highest BCUT2D eigenvalue weighted by Crippen LogP contribution is 2.34. The Hall–Kier alpha value is -1.74. The van der Waals surface area contributed by atoms with Gasteiger partial charge in [0.2, 0.25) is 0 Å². The zero-order chi connectivity index (χ0) is 11.8. The summed E-state index contributed by atoms with van der Waals surface area (Å²) in [5.41, 5.74) is 3.49. The lowest BCUT2D eigenvalue weighted by Crippen LogP contribution is -1.87. The number of hydrogen-bond donors (Lipinski definition) is 0. The third kappa shape index (κ3) is 1.63. The topological polar surface area (TPSA) is 25.8 Å². The first kappa shape index (κ1) is 10.4. The molecule has 0 N–H and O–H groups in total. The average Bonchev–Trinajstić information content (AvgIpc) is 2.66. The van der Waals surface area contributed by atoms with E-state index in [-0.39, 0.29) is 0 Å². The van der Waals surface area contributed by atoms with Gasteiger partial charge >= 0.3 is 0 Å². The molecule has 0 fully saturated rings. The Bertz CT molecular complexity index is 671. The van der Waals surface area contributed by atoms with Crippen molar-refractivity contribution in [3.63, 3.8) is 0 Å². The van der Waals surface area contributed by atoms with E-state index in [1.54, 1.807) is 17.7 Å². The van der Waals surface area contributed by atoms with Gasteiger partial charge in [-0.3, -0.25) is 0 Å². The van der Waals surface area contributed by atoms with E-state index in [4.69, 9.17) is 0 Å². The zero-order valence-corrected chi connectivity index (χ0v) is 10.6. The van der Waals surface area contributed by atoms with Crippen LogP contribution in [0.25, 0.3) is 21.5 Å². The number of aromatic nitrogens is 2. The summed E-state index contributed by atoms with van der Waals surface area (Å²) in [4.78, 5) is 11.2. The van der Waals surface area contributed by atoms with Crippen molar-refractivity contribution in [1.82, 2.24) is 9.97 Å². The van der Waals surface area contributed by atoms with Crippen LogP contribution in [0.3, 0.4) is 0 Å². The molecule has 0 spiro atoms. The molecule has 3 heteroatoms. The highest BCUT2D eigenvalue weighted by Gasteiger charge is 2.12. The van der Waals surface area contributed by atoms with Crippen LogP contribution in [-0.2, 0) is 0 Å². The molecule has 0 bridgehead atoms. The Morgan fingerprint density at radius 3 is 2.53 bits per heavy atom. The molecule has 0 aliphatic heterocycles. The minimum atomic E-state index is 1.04. The van der Waals surface area contributed by atoms with E-state index in [2.05, 4.69) is 35.9 Å². The van der Waals surface area contributed by atoms with Crippen LogP contribution in [0.15, 0.2) is 36.7 Å². The van der Waals surface area contributed by atoms with E-state index in [0.717, 1.165) is 16.1 Å². The van der Waals surface area contributed by atoms with Crippen LogP contribution in [0.4, 0.5) is 0 Å². The van der Waals surface area contributed by atoms with Crippen molar-refractivity contribution in [2.75, 3.05) is 0 Å². The van der Waals surface area contributed by atoms with Crippen molar-refractivity contribution in [2.45, 2.75) is 13.8 Å². The van der Waals surface area contributed by atoms with Crippen molar-refractivity contribution in [3.8, 4) is 11.3 Å². The van der Waals surface area contributed by atoms with Gasteiger partial charge in [-0.25, -0.2) is 9.97 Å². The van der Waals surface area contributed by atoms with Crippen LogP contribution in [0.5, 0.6) is 0 Å². The molecule has 17 heavy (non-hydrogen) atoms. The molecule has 0 radical (unpaired) electrons.